The van der Waals surface area contributed by atoms with E-state index in [2.05, 4.69) is 21.2 Å². The van der Waals surface area contributed by atoms with Crippen molar-refractivity contribution in [1.29, 1.82) is 0 Å². The smallest absolute Gasteiger partial charge is 0.335 e. The van der Waals surface area contributed by atoms with E-state index < -0.39 is 11.4 Å². The molecule has 18 heavy (non-hydrogen) atoms. The largest absolute Gasteiger partial charge is 0.478 e. The van der Waals surface area contributed by atoms with E-state index in [1.807, 2.05) is 0 Å². The highest BCUT2D eigenvalue weighted by Gasteiger charge is 2.48. The number of rotatable bonds is 4. The van der Waals surface area contributed by atoms with Crippen LogP contribution in [0.25, 0.3) is 0 Å². The van der Waals surface area contributed by atoms with Crippen LogP contribution >= 0.6 is 15.9 Å². The van der Waals surface area contributed by atoms with Gasteiger partial charge in [0.25, 0.3) is 0 Å². The molecule has 0 bridgehead atoms. The van der Waals surface area contributed by atoms with Crippen molar-refractivity contribution in [2.24, 2.45) is 11.1 Å². The van der Waals surface area contributed by atoms with Crippen molar-refractivity contribution in [2.45, 2.75) is 12.8 Å². The van der Waals surface area contributed by atoms with Crippen molar-refractivity contribution in [3.05, 3.63) is 28.2 Å². The number of carboxylic acid groups (broad SMARTS) is 1. The molecule has 1 amide bonds. The van der Waals surface area contributed by atoms with Gasteiger partial charge in [-0.25, -0.2) is 4.79 Å². The molecule has 0 radical (unpaired) electrons. The molecule has 1 fully saturated rings. The second kappa shape index (κ2) is 4.70. The van der Waals surface area contributed by atoms with Gasteiger partial charge in [0, 0.05) is 11.0 Å². The molecule has 0 aromatic heterocycles. The minimum atomic E-state index is -1.03. The van der Waals surface area contributed by atoms with E-state index in [1.165, 1.54) is 12.1 Å². The Bertz CT molecular complexity index is 512. The zero-order chi connectivity index (χ0) is 13.3. The Kier molecular flexibility index (Phi) is 3.41. The maximum Gasteiger partial charge on any atom is 0.335 e. The molecule has 0 spiro atoms. The highest BCUT2D eigenvalue weighted by molar-refractivity contribution is 9.10. The number of nitrogens with two attached hydrogens (primary N) is 1. The van der Waals surface area contributed by atoms with E-state index in [9.17, 15) is 9.59 Å². The number of hydrogen-bond donors (Lipinski definition) is 3. The first-order valence-electron chi connectivity index (χ1n) is 5.53. The van der Waals surface area contributed by atoms with Crippen LogP contribution in [0.1, 0.15) is 23.2 Å². The molecule has 0 atom stereocenters. The molecule has 0 saturated heterocycles. The van der Waals surface area contributed by atoms with Gasteiger partial charge in [0.15, 0.2) is 0 Å². The fraction of sp³-hybridized carbons (Fsp3) is 0.333. The van der Waals surface area contributed by atoms with Crippen molar-refractivity contribution >= 4 is 33.5 Å². The standard InChI is InChI=1S/C12H13BrN2O3/c13-8-2-1-7(10(16)17)5-9(8)15-11(18)12(6-14)3-4-12/h1-2,5H,3-4,6,14H2,(H,15,18)(H,16,17). The Morgan fingerprint density at radius 3 is 2.61 bits per heavy atom. The SMILES string of the molecule is NCC1(C(=O)Nc2cc(C(=O)O)ccc2Br)CC1. The fourth-order valence-electron chi connectivity index (χ4n) is 1.68. The van der Waals surface area contributed by atoms with Crippen molar-refractivity contribution in [1.82, 2.24) is 0 Å². The van der Waals surface area contributed by atoms with Crippen LogP contribution in [0.5, 0.6) is 0 Å². The number of benzene rings is 1. The molecule has 1 aromatic rings. The van der Waals surface area contributed by atoms with Gasteiger partial charge in [-0.05, 0) is 47.0 Å². The third-order valence-electron chi connectivity index (χ3n) is 3.19. The summed E-state index contributed by atoms with van der Waals surface area (Å²) in [6, 6.07) is 4.50. The molecule has 2 rings (SSSR count). The third kappa shape index (κ3) is 2.39. The van der Waals surface area contributed by atoms with Gasteiger partial charge < -0.3 is 16.2 Å². The van der Waals surface area contributed by atoms with E-state index in [0.29, 0.717) is 16.7 Å². The molecule has 4 N–H and O–H groups in total. The number of anilines is 1. The topological polar surface area (TPSA) is 92.4 Å². The number of amides is 1. The molecule has 96 valence electrons. The summed E-state index contributed by atoms with van der Waals surface area (Å²) >= 11 is 3.28. The summed E-state index contributed by atoms with van der Waals surface area (Å²) in [5.41, 5.74) is 5.70. The van der Waals surface area contributed by atoms with Gasteiger partial charge in [-0.2, -0.15) is 0 Å². The molecule has 1 aliphatic rings. The van der Waals surface area contributed by atoms with E-state index in [1.54, 1.807) is 6.07 Å². The van der Waals surface area contributed by atoms with Gasteiger partial charge >= 0.3 is 5.97 Å². The molecule has 0 unspecified atom stereocenters. The van der Waals surface area contributed by atoms with Gasteiger partial charge in [0.1, 0.15) is 0 Å². The maximum absolute atomic E-state index is 12.0. The minimum absolute atomic E-state index is 0.131. The summed E-state index contributed by atoms with van der Waals surface area (Å²) in [6.07, 6.45) is 1.57. The Labute approximate surface area is 112 Å². The summed E-state index contributed by atoms with van der Waals surface area (Å²) in [4.78, 5) is 22.9. The Hall–Kier alpha value is -1.40. The van der Waals surface area contributed by atoms with Gasteiger partial charge in [0.2, 0.25) is 5.91 Å². The second-order valence-electron chi connectivity index (χ2n) is 4.44. The van der Waals surface area contributed by atoms with Gasteiger partial charge in [-0.3, -0.25) is 4.79 Å². The predicted molar refractivity (Wildman–Crippen MR) is 70.5 cm³/mol. The number of carboxylic acids is 1. The van der Waals surface area contributed by atoms with Crippen molar-refractivity contribution < 1.29 is 14.7 Å². The number of carbonyl (C=O) groups is 2. The average molecular weight is 313 g/mol. The van der Waals surface area contributed by atoms with E-state index >= 15 is 0 Å². The van der Waals surface area contributed by atoms with Crippen molar-refractivity contribution in [3.63, 3.8) is 0 Å². The zero-order valence-corrected chi connectivity index (χ0v) is 11.2. The van der Waals surface area contributed by atoms with Crippen molar-refractivity contribution in [3.8, 4) is 0 Å². The lowest BCUT2D eigenvalue weighted by Gasteiger charge is -2.14. The molecule has 0 aliphatic heterocycles. The van der Waals surface area contributed by atoms with Crippen molar-refractivity contribution in [2.75, 3.05) is 11.9 Å². The number of hydrogen-bond acceptors (Lipinski definition) is 3. The first-order chi connectivity index (χ1) is 8.48. The lowest BCUT2D eigenvalue weighted by molar-refractivity contribution is -0.120. The summed E-state index contributed by atoms with van der Waals surface area (Å²) in [7, 11) is 0. The van der Waals surface area contributed by atoms with Crippen LogP contribution in [0.15, 0.2) is 22.7 Å². The number of aromatic carboxylic acids is 1. The predicted octanol–water partition coefficient (Wildman–Crippen LogP) is 1.82. The maximum atomic E-state index is 12.0. The quantitative estimate of drug-likeness (QED) is 0.790. The zero-order valence-electron chi connectivity index (χ0n) is 9.57. The monoisotopic (exact) mass is 312 g/mol. The van der Waals surface area contributed by atoms with Crippen LogP contribution in [0.4, 0.5) is 5.69 Å². The van der Waals surface area contributed by atoms with Gasteiger partial charge in [-0.15, -0.1) is 0 Å². The number of nitrogens with one attached hydrogen (secondary N) is 1. The summed E-state index contributed by atoms with van der Waals surface area (Å²) in [5.74, 6) is -1.17. The number of carbonyl (C=O) groups excluding carboxylic acids is 1. The summed E-state index contributed by atoms with van der Waals surface area (Å²) in [5, 5.41) is 11.6. The van der Waals surface area contributed by atoms with Crippen LogP contribution in [-0.4, -0.2) is 23.5 Å². The van der Waals surface area contributed by atoms with E-state index in [4.69, 9.17) is 10.8 Å². The molecule has 1 aromatic carbocycles. The summed E-state index contributed by atoms with van der Waals surface area (Å²) in [6.45, 7) is 0.315. The second-order valence-corrected chi connectivity index (χ2v) is 5.29. The highest BCUT2D eigenvalue weighted by atomic mass is 79.9. The average Bonchev–Trinajstić information content (AvgIpc) is 3.12. The molecular weight excluding hydrogens is 300 g/mol. The number of halogens is 1. The van der Waals surface area contributed by atoms with Gasteiger partial charge in [0.05, 0.1) is 16.7 Å². The van der Waals surface area contributed by atoms with Crippen LogP contribution < -0.4 is 11.1 Å². The summed E-state index contributed by atoms with van der Waals surface area (Å²) < 4.78 is 0.647. The third-order valence-corrected chi connectivity index (χ3v) is 3.88. The van der Waals surface area contributed by atoms with Crippen LogP contribution in [-0.2, 0) is 4.79 Å². The first-order valence-corrected chi connectivity index (χ1v) is 6.32. The van der Waals surface area contributed by atoms with E-state index in [-0.39, 0.29) is 11.5 Å². The van der Waals surface area contributed by atoms with Crippen LogP contribution in [0.3, 0.4) is 0 Å². The van der Waals surface area contributed by atoms with Crippen LogP contribution in [0.2, 0.25) is 0 Å². The highest BCUT2D eigenvalue weighted by Crippen LogP contribution is 2.45. The Morgan fingerprint density at radius 1 is 1.44 bits per heavy atom. The normalized spacial score (nSPS) is 16.1. The molecule has 5 nitrogen and oxygen atoms in total. The minimum Gasteiger partial charge on any atom is -0.478 e. The first kappa shape index (κ1) is 13.0. The molecular formula is C12H13BrN2O3. The molecule has 6 heteroatoms. The molecule has 1 saturated carbocycles. The van der Waals surface area contributed by atoms with Gasteiger partial charge in [-0.1, -0.05) is 0 Å². The van der Waals surface area contributed by atoms with Crippen LogP contribution in [0, 0.1) is 5.41 Å². The fourth-order valence-corrected chi connectivity index (χ4v) is 2.03. The molecule has 1 aliphatic carbocycles. The molecule has 0 heterocycles. The Balaban J connectivity index is 2.21. The Morgan fingerprint density at radius 2 is 2.11 bits per heavy atom. The van der Waals surface area contributed by atoms with E-state index in [0.717, 1.165) is 12.8 Å². The lowest BCUT2D eigenvalue weighted by Crippen LogP contribution is -2.31. The lowest BCUT2D eigenvalue weighted by atomic mass is 10.1.